The van der Waals surface area contributed by atoms with Crippen molar-refractivity contribution in [3.05, 3.63) is 29.3 Å². The van der Waals surface area contributed by atoms with Crippen LogP contribution in [-0.2, 0) is 11.3 Å². The Kier molecular flexibility index (Phi) is 1.81. The van der Waals surface area contributed by atoms with Crippen molar-refractivity contribution in [2.45, 2.75) is 11.5 Å². The van der Waals surface area contributed by atoms with E-state index in [-0.39, 0.29) is 5.97 Å². The van der Waals surface area contributed by atoms with E-state index in [2.05, 4.69) is 0 Å². The predicted molar refractivity (Wildman–Crippen MR) is 47.3 cm³/mol. The lowest BCUT2D eigenvalue weighted by atomic mass is 10.1. The van der Waals surface area contributed by atoms with Crippen LogP contribution in [0.1, 0.15) is 15.9 Å². The number of carbonyl (C=O) groups excluding carboxylic acids is 1. The lowest BCUT2D eigenvalue weighted by molar-refractivity contribution is 0.0535. The molecule has 3 heteroatoms. The average molecular weight is 180 g/mol. The molecule has 0 bridgehead atoms. The van der Waals surface area contributed by atoms with E-state index in [1.165, 1.54) is 0 Å². The third-order valence-corrected chi connectivity index (χ3v) is 2.62. The van der Waals surface area contributed by atoms with Crippen LogP contribution in [0.5, 0.6) is 0 Å². The van der Waals surface area contributed by atoms with Crippen molar-refractivity contribution in [1.29, 1.82) is 0 Å². The smallest absolute Gasteiger partial charge is 0.338 e. The van der Waals surface area contributed by atoms with Crippen LogP contribution in [0.3, 0.4) is 0 Å². The van der Waals surface area contributed by atoms with Gasteiger partial charge in [0.25, 0.3) is 0 Å². The zero-order valence-electron chi connectivity index (χ0n) is 6.66. The molecule has 1 aliphatic heterocycles. The van der Waals surface area contributed by atoms with Gasteiger partial charge in [-0.05, 0) is 18.4 Å². The van der Waals surface area contributed by atoms with E-state index in [0.29, 0.717) is 6.61 Å². The molecule has 62 valence electrons. The molecule has 1 heterocycles. The van der Waals surface area contributed by atoms with Gasteiger partial charge in [-0.3, -0.25) is 0 Å². The molecule has 1 aromatic carbocycles. The van der Waals surface area contributed by atoms with Crippen molar-refractivity contribution in [2.75, 3.05) is 6.26 Å². The Morgan fingerprint density at radius 2 is 2.33 bits per heavy atom. The van der Waals surface area contributed by atoms with Gasteiger partial charge in [-0.2, -0.15) is 0 Å². The number of rotatable bonds is 1. The number of esters is 1. The van der Waals surface area contributed by atoms with E-state index in [0.717, 1.165) is 16.0 Å². The minimum atomic E-state index is -0.194. The second-order valence-corrected chi connectivity index (χ2v) is 3.48. The Morgan fingerprint density at radius 1 is 1.50 bits per heavy atom. The van der Waals surface area contributed by atoms with Crippen LogP contribution in [0.4, 0.5) is 0 Å². The number of cyclic esters (lactones) is 1. The second-order valence-electron chi connectivity index (χ2n) is 2.60. The van der Waals surface area contributed by atoms with Gasteiger partial charge in [0, 0.05) is 10.5 Å². The summed E-state index contributed by atoms with van der Waals surface area (Å²) < 4.78 is 4.87. The molecule has 0 atom stereocenters. The molecule has 2 rings (SSSR count). The lowest BCUT2D eigenvalue weighted by Crippen LogP contribution is -1.93. The molecule has 0 unspecified atom stereocenters. The summed E-state index contributed by atoms with van der Waals surface area (Å²) in [5.74, 6) is -0.194. The quantitative estimate of drug-likeness (QED) is 0.489. The van der Waals surface area contributed by atoms with Gasteiger partial charge in [-0.1, -0.05) is 6.07 Å². The van der Waals surface area contributed by atoms with Gasteiger partial charge < -0.3 is 4.74 Å². The molecule has 0 saturated carbocycles. The summed E-state index contributed by atoms with van der Waals surface area (Å²) >= 11 is 1.63. The molecule has 12 heavy (non-hydrogen) atoms. The molecular formula is C9H8O2S. The summed E-state index contributed by atoms with van der Waals surface area (Å²) in [6, 6.07) is 5.84. The first-order valence-electron chi connectivity index (χ1n) is 3.65. The van der Waals surface area contributed by atoms with Crippen LogP contribution in [0, 0.1) is 0 Å². The van der Waals surface area contributed by atoms with Gasteiger partial charge >= 0.3 is 5.97 Å². The summed E-state index contributed by atoms with van der Waals surface area (Å²) in [4.78, 5) is 12.2. The summed E-state index contributed by atoms with van der Waals surface area (Å²) in [7, 11) is 0. The zero-order valence-corrected chi connectivity index (χ0v) is 7.48. The fourth-order valence-electron chi connectivity index (χ4n) is 1.22. The first-order valence-corrected chi connectivity index (χ1v) is 4.88. The predicted octanol–water partition coefficient (Wildman–Crippen LogP) is 2.08. The number of hydrogen-bond acceptors (Lipinski definition) is 3. The molecule has 2 nitrogen and oxygen atoms in total. The standard InChI is InChI=1S/C9H8O2S/c1-12-7-3-2-6-5-11-9(10)8(6)4-7/h2-4H,5H2,1H3. The Bertz CT molecular complexity index is 333. The highest BCUT2D eigenvalue weighted by molar-refractivity contribution is 7.98. The fourth-order valence-corrected chi connectivity index (χ4v) is 1.66. The Hall–Kier alpha value is -0.960. The topological polar surface area (TPSA) is 26.3 Å². The molecule has 0 N–H and O–H groups in total. The van der Waals surface area contributed by atoms with Crippen LogP contribution in [-0.4, -0.2) is 12.2 Å². The minimum Gasteiger partial charge on any atom is -0.457 e. The van der Waals surface area contributed by atoms with Crippen molar-refractivity contribution >= 4 is 17.7 Å². The molecule has 1 aromatic rings. The molecular weight excluding hydrogens is 172 g/mol. The number of carbonyl (C=O) groups is 1. The van der Waals surface area contributed by atoms with E-state index in [1.54, 1.807) is 11.8 Å². The molecule has 1 aliphatic rings. The van der Waals surface area contributed by atoms with Crippen molar-refractivity contribution in [2.24, 2.45) is 0 Å². The molecule has 0 aromatic heterocycles. The highest BCUT2D eigenvalue weighted by Crippen LogP contribution is 2.24. The normalized spacial score (nSPS) is 14.2. The van der Waals surface area contributed by atoms with Crippen molar-refractivity contribution in [1.82, 2.24) is 0 Å². The maximum atomic E-state index is 11.1. The Labute approximate surface area is 74.9 Å². The second kappa shape index (κ2) is 2.83. The van der Waals surface area contributed by atoms with Crippen LogP contribution in [0.2, 0.25) is 0 Å². The summed E-state index contributed by atoms with van der Waals surface area (Å²) in [6.07, 6.45) is 1.99. The highest BCUT2D eigenvalue weighted by atomic mass is 32.2. The largest absolute Gasteiger partial charge is 0.457 e. The van der Waals surface area contributed by atoms with Crippen LogP contribution >= 0.6 is 11.8 Å². The fraction of sp³-hybridized carbons (Fsp3) is 0.222. The molecule has 0 radical (unpaired) electrons. The zero-order chi connectivity index (χ0) is 8.55. The van der Waals surface area contributed by atoms with Gasteiger partial charge in [-0.15, -0.1) is 11.8 Å². The van der Waals surface area contributed by atoms with Gasteiger partial charge in [0.2, 0.25) is 0 Å². The summed E-state index contributed by atoms with van der Waals surface area (Å²) in [6.45, 7) is 0.433. The van der Waals surface area contributed by atoms with E-state index < -0.39 is 0 Å². The van der Waals surface area contributed by atoms with E-state index in [9.17, 15) is 4.79 Å². The Morgan fingerprint density at radius 3 is 3.08 bits per heavy atom. The van der Waals surface area contributed by atoms with Crippen molar-refractivity contribution < 1.29 is 9.53 Å². The third kappa shape index (κ3) is 1.10. The van der Waals surface area contributed by atoms with Crippen molar-refractivity contribution in [3.63, 3.8) is 0 Å². The minimum absolute atomic E-state index is 0.194. The average Bonchev–Trinajstić information content (AvgIpc) is 2.47. The summed E-state index contributed by atoms with van der Waals surface area (Å²) in [5, 5.41) is 0. The molecule has 0 spiro atoms. The van der Waals surface area contributed by atoms with E-state index in [4.69, 9.17) is 4.74 Å². The van der Waals surface area contributed by atoms with Crippen LogP contribution in [0.25, 0.3) is 0 Å². The third-order valence-electron chi connectivity index (χ3n) is 1.90. The van der Waals surface area contributed by atoms with Crippen molar-refractivity contribution in [3.8, 4) is 0 Å². The molecule has 0 fully saturated rings. The van der Waals surface area contributed by atoms with Gasteiger partial charge in [0.05, 0.1) is 5.56 Å². The van der Waals surface area contributed by atoms with E-state index >= 15 is 0 Å². The number of ether oxygens (including phenoxy) is 1. The summed E-state index contributed by atoms with van der Waals surface area (Å²) in [5.41, 5.74) is 1.72. The van der Waals surface area contributed by atoms with E-state index in [1.807, 2.05) is 24.5 Å². The monoisotopic (exact) mass is 180 g/mol. The van der Waals surface area contributed by atoms with Crippen LogP contribution < -0.4 is 0 Å². The first-order chi connectivity index (χ1) is 5.81. The van der Waals surface area contributed by atoms with Gasteiger partial charge in [0.1, 0.15) is 6.61 Å². The maximum absolute atomic E-state index is 11.1. The Balaban J connectivity index is 2.50. The number of benzene rings is 1. The van der Waals surface area contributed by atoms with Crippen LogP contribution in [0.15, 0.2) is 23.1 Å². The SMILES string of the molecule is CSc1ccc2c(c1)C(=O)OC2. The van der Waals surface area contributed by atoms with Gasteiger partial charge in [-0.25, -0.2) is 4.79 Å². The number of fused-ring (bicyclic) bond motifs is 1. The number of hydrogen-bond donors (Lipinski definition) is 0. The molecule has 0 saturated heterocycles. The highest BCUT2D eigenvalue weighted by Gasteiger charge is 2.20. The maximum Gasteiger partial charge on any atom is 0.338 e. The first kappa shape index (κ1) is 7.68. The molecule has 0 aliphatic carbocycles. The van der Waals surface area contributed by atoms with Gasteiger partial charge in [0.15, 0.2) is 0 Å². The number of thioether (sulfide) groups is 1. The molecule has 0 amide bonds. The lowest BCUT2D eigenvalue weighted by Gasteiger charge is -1.96.